The fraction of sp³-hybridized carbons (Fsp3) is 0.786. The molecule has 1 heterocycles. The summed E-state index contributed by atoms with van der Waals surface area (Å²) in [5.74, 6) is -0.337. The number of hydrogen-bond acceptors (Lipinski definition) is 5. The lowest BCUT2D eigenvalue weighted by atomic mass is 9.85. The highest BCUT2D eigenvalue weighted by molar-refractivity contribution is 6.24. The van der Waals surface area contributed by atoms with E-state index < -0.39 is 17.2 Å². The van der Waals surface area contributed by atoms with Crippen molar-refractivity contribution in [2.45, 2.75) is 57.6 Å². The van der Waals surface area contributed by atoms with Gasteiger partial charge >= 0.3 is 6.09 Å². The summed E-state index contributed by atoms with van der Waals surface area (Å²) in [4.78, 5) is 35.9. The second kappa shape index (κ2) is 6.85. The van der Waals surface area contributed by atoms with Gasteiger partial charge in [0.25, 0.3) is 0 Å². The van der Waals surface area contributed by atoms with Gasteiger partial charge in [-0.25, -0.2) is 4.79 Å². The summed E-state index contributed by atoms with van der Waals surface area (Å²) in [5.41, 5.74) is -1.97. The average molecular weight is 314 g/mol. The van der Waals surface area contributed by atoms with Gasteiger partial charge in [0.05, 0.1) is 6.54 Å². The predicted octanol–water partition coefficient (Wildman–Crippen LogP) is 0.212. The third-order valence-electron chi connectivity index (χ3n) is 3.62. The van der Waals surface area contributed by atoms with Crippen LogP contribution < -0.4 is 5.41 Å². The predicted molar refractivity (Wildman–Crippen MR) is 79.0 cm³/mol. The van der Waals surface area contributed by atoms with E-state index in [9.17, 15) is 19.7 Å². The zero-order valence-electron chi connectivity index (χ0n) is 13.3. The molecule has 0 aromatic heterocycles. The number of piperidine rings is 1. The lowest BCUT2D eigenvalue weighted by molar-refractivity contribution is -0.575. The topological polar surface area (TPSA) is 115 Å². The van der Waals surface area contributed by atoms with E-state index >= 15 is 0 Å². The molecule has 22 heavy (non-hydrogen) atoms. The first-order valence-corrected chi connectivity index (χ1v) is 7.30. The molecule has 124 valence electrons. The maximum absolute atomic E-state index is 12.1. The van der Waals surface area contributed by atoms with Crippen molar-refractivity contribution in [3.05, 3.63) is 10.1 Å². The number of likely N-dealkylation sites (tertiary alicyclic amines) is 1. The normalized spacial score (nSPS) is 22.0. The van der Waals surface area contributed by atoms with Gasteiger partial charge < -0.3 is 9.64 Å². The Kier molecular flexibility index (Phi) is 5.62. The maximum atomic E-state index is 12.1. The Balaban J connectivity index is 2.82. The minimum absolute atomic E-state index is 0.000359. The third-order valence-corrected chi connectivity index (χ3v) is 3.62. The van der Waals surface area contributed by atoms with Crippen molar-refractivity contribution < 1.29 is 24.7 Å². The average Bonchev–Trinajstić information content (AvgIpc) is 2.43. The van der Waals surface area contributed by atoms with Crippen LogP contribution in [0.3, 0.4) is 0 Å². The largest absolute Gasteiger partial charge is 0.444 e. The molecule has 1 atom stereocenters. The first-order valence-electron chi connectivity index (χ1n) is 7.30. The molecule has 8 heteroatoms. The zero-order valence-corrected chi connectivity index (χ0v) is 13.3. The van der Waals surface area contributed by atoms with E-state index in [1.807, 2.05) is 0 Å². The van der Waals surface area contributed by atoms with Crippen LogP contribution in [-0.2, 0) is 9.53 Å². The number of nitrogens with two attached hydrogens (primary N) is 1. The monoisotopic (exact) mass is 314 g/mol. The number of carbonyl (C=O) groups excluding carboxylic acids is 2. The lowest BCUT2D eigenvalue weighted by Crippen LogP contribution is -2.55. The van der Waals surface area contributed by atoms with Crippen LogP contribution in [0.1, 0.15) is 46.5 Å². The van der Waals surface area contributed by atoms with Crippen LogP contribution >= 0.6 is 0 Å². The van der Waals surface area contributed by atoms with Crippen molar-refractivity contribution in [1.29, 1.82) is 0 Å². The Morgan fingerprint density at radius 3 is 2.59 bits per heavy atom. The number of rotatable bonds is 5. The zero-order chi connectivity index (χ0) is 17.0. The molecule has 0 aliphatic carbocycles. The van der Waals surface area contributed by atoms with Gasteiger partial charge in [-0.2, -0.15) is 0 Å². The van der Waals surface area contributed by atoms with Crippen molar-refractivity contribution in [3.8, 4) is 0 Å². The molecule has 8 nitrogen and oxygen atoms in total. The van der Waals surface area contributed by atoms with E-state index in [2.05, 4.69) is 0 Å². The highest BCUT2D eigenvalue weighted by Crippen LogP contribution is 2.30. The van der Waals surface area contributed by atoms with Crippen LogP contribution in [0.15, 0.2) is 0 Å². The van der Waals surface area contributed by atoms with Crippen molar-refractivity contribution in [1.82, 2.24) is 4.90 Å². The van der Waals surface area contributed by atoms with Gasteiger partial charge in [0.15, 0.2) is 0 Å². The number of amides is 1. The summed E-state index contributed by atoms with van der Waals surface area (Å²) in [5, 5.41) is 16.6. The number of hydrogen-bond donors (Lipinski definition) is 1. The van der Waals surface area contributed by atoms with Gasteiger partial charge in [-0.05, 0) is 27.2 Å². The van der Waals surface area contributed by atoms with Gasteiger partial charge in [-0.15, -0.1) is 0 Å². The van der Waals surface area contributed by atoms with E-state index in [0.29, 0.717) is 19.4 Å². The highest BCUT2D eigenvalue weighted by Gasteiger charge is 2.48. The Bertz CT molecular complexity index is 472. The second-order valence-electron chi connectivity index (χ2n) is 6.62. The molecule has 1 saturated heterocycles. The van der Waals surface area contributed by atoms with Crippen molar-refractivity contribution >= 4 is 18.1 Å². The van der Waals surface area contributed by atoms with E-state index in [4.69, 9.17) is 10.1 Å². The number of ether oxygens (including phenoxy) is 1. The minimum atomic E-state index is -1.31. The molecule has 0 aromatic carbocycles. The molecule has 1 aliphatic heterocycles. The third kappa shape index (κ3) is 4.78. The summed E-state index contributed by atoms with van der Waals surface area (Å²) >= 11 is 0. The van der Waals surface area contributed by atoms with E-state index in [-0.39, 0.29) is 30.1 Å². The summed E-state index contributed by atoms with van der Waals surface area (Å²) in [6.07, 6.45) is 1.25. The molecule has 0 spiro atoms. The molecule has 0 bridgehead atoms. The molecule has 0 saturated carbocycles. The fourth-order valence-corrected chi connectivity index (χ4v) is 2.48. The molecule has 1 fully saturated rings. The van der Waals surface area contributed by atoms with E-state index in [0.717, 1.165) is 6.21 Å². The molecule has 1 rings (SSSR count). The minimum Gasteiger partial charge on any atom is -0.444 e. The molecular weight excluding hydrogens is 290 g/mol. The van der Waals surface area contributed by atoms with Crippen LogP contribution in [0.2, 0.25) is 0 Å². The van der Waals surface area contributed by atoms with Crippen molar-refractivity contribution in [3.63, 3.8) is 0 Å². The quantitative estimate of drug-likeness (QED) is 0.442. The van der Waals surface area contributed by atoms with Crippen molar-refractivity contribution in [2.24, 2.45) is 0 Å². The number of Topliss-reactive ketones (excluding diaryl/α,β-unsaturated/α-hetero) is 1. The van der Waals surface area contributed by atoms with Crippen LogP contribution in [-0.4, -0.2) is 52.1 Å². The Labute approximate surface area is 129 Å². The van der Waals surface area contributed by atoms with Gasteiger partial charge in [0.1, 0.15) is 5.60 Å². The lowest BCUT2D eigenvalue weighted by Gasteiger charge is -2.37. The summed E-state index contributed by atoms with van der Waals surface area (Å²) in [7, 11) is 0. The van der Waals surface area contributed by atoms with Crippen LogP contribution in [0.25, 0.3) is 0 Å². The molecular formula is C14H24N3O5+. The fourth-order valence-electron chi connectivity index (χ4n) is 2.48. The summed E-state index contributed by atoms with van der Waals surface area (Å²) in [6.45, 7) is 5.59. The number of ketones is 1. The maximum Gasteiger partial charge on any atom is 0.410 e. The molecule has 2 N–H and O–H groups in total. The smallest absolute Gasteiger partial charge is 0.410 e. The Morgan fingerprint density at radius 2 is 2.09 bits per heavy atom. The van der Waals surface area contributed by atoms with Gasteiger partial charge in [0, 0.05) is 30.7 Å². The number of carbonyl (C=O) groups is 2. The number of nitrogens with zero attached hydrogens (tertiary/aromatic N) is 2. The number of nitro groups is 1. The van der Waals surface area contributed by atoms with Gasteiger partial charge in [-0.3, -0.25) is 20.3 Å². The van der Waals surface area contributed by atoms with Crippen LogP contribution in [0, 0.1) is 10.1 Å². The first kappa shape index (κ1) is 18.1. The van der Waals surface area contributed by atoms with Crippen LogP contribution in [0.5, 0.6) is 0 Å². The van der Waals surface area contributed by atoms with E-state index in [1.165, 1.54) is 4.90 Å². The molecule has 0 aromatic rings. The highest BCUT2D eigenvalue weighted by atomic mass is 16.6. The Hall–Kier alpha value is -1.99. The van der Waals surface area contributed by atoms with Crippen LogP contribution in [0.4, 0.5) is 4.79 Å². The molecule has 1 aliphatic rings. The molecule has 0 radical (unpaired) electrons. The van der Waals surface area contributed by atoms with Gasteiger partial charge in [0.2, 0.25) is 17.5 Å². The van der Waals surface area contributed by atoms with E-state index in [1.54, 1.807) is 20.8 Å². The van der Waals surface area contributed by atoms with Crippen molar-refractivity contribution in [2.75, 3.05) is 13.1 Å². The molecule has 1 unspecified atom stereocenters. The first-order chi connectivity index (χ1) is 10.1. The molecule has 1 amide bonds. The standard InChI is InChI=1S/C14H23N3O5/c1-13(2,3)22-12(19)16-8-4-6-14(10-16,17(20)21)7-5-11(18)9-15/h9,15H,4-8,10H2,1-3H3/p+1. The van der Waals surface area contributed by atoms with Gasteiger partial charge in [-0.1, -0.05) is 0 Å². The second-order valence-corrected chi connectivity index (χ2v) is 6.62. The summed E-state index contributed by atoms with van der Waals surface area (Å²) < 4.78 is 5.27. The SMILES string of the molecule is CC(C)(C)OC(=O)N1CCCC(CCC(=O)C=[NH2+])([N+](=O)[O-])C1. The Morgan fingerprint density at radius 1 is 1.45 bits per heavy atom. The summed E-state index contributed by atoms with van der Waals surface area (Å²) in [6, 6.07) is 0.